The Kier molecular flexibility index (Phi) is 6.50. The first-order chi connectivity index (χ1) is 12.4. The number of nitrogens with zero attached hydrogens (tertiary/aromatic N) is 2. The highest BCUT2D eigenvalue weighted by molar-refractivity contribution is 7.19. The van der Waals surface area contributed by atoms with Crippen molar-refractivity contribution in [3.63, 3.8) is 0 Å². The maximum atomic E-state index is 12.4. The number of benzene rings is 1. The van der Waals surface area contributed by atoms with Gasteiger partial charge in [-0.2, -0.15) is 0 Å². The molecule has 0 aliphatic rings. The Labute approximate surface area is 152 Å². The van der Waals surface area contributed by atoms with E-state index in [0.29, 0.717) is 6.54 Å². The van der Waals surface area contributed by atoms with E-state index in [1.165, 1.54) is 31.3 Å². The molecule has 1 heterocycles. The molecule has 10 heteroatoms. The number of nitroso groups, excluding NO2 is 1. The zero-order valence-electron chi connectivity index (χ0n) is 14.1. The lowest BCUT2D eigenvalue weighted by molar-refractivity contribution is -0.131. The largest absolute Gasteiger partial charge is 0.426 e. The zero-order chi connectivity index (χ0) is 19.1. The van der Waals surface area contributed by atoms with Crippen molar-refractivity contribution < 1.29 is 19.1 Å². The highest BCUT2D eigenvalue weighted by Gasteiger charge is 2.18. The first-order valence-electron chi connectivity index (χ1n) is 7.65. The molecule has 2 rings (SSSR count). The average molecular weight is 376 g/mol. The molecule has 0 aliphatic carbocycles. The van der Waals surface area contributed by atoms with E-state index in [-0.39, 0.29) is 32.9 Å². The van der Waals surface area contributed by atoms with Gasteiger partial charge < -0.3 is 10.1 Å². The Hall–Kier alpha value is -3.14. The lowest BCUT2D eigenvalue weighted by atomic mass is 10.1. The first-order valence-corrected chi connectivity index (χ1v) is 8.47. The van der Waals surface area contributed by atoms with Gasteiger partial charge in [-0.1, -0.05) is 18.3 Å². The molecule has 26 heavy (non-hydrogen) atoms. The molecule has 2 N–H and O–H groups in total. The van der Waals surface area contributed by atoms with Crippen molar-refractivity contribution in [2.24, 2.45) is 5.18 Å². The van der Waals surface area contributed by atoms with Crippen molar-refractivity contribution in [3.05, 3.63) is 40.4 Å². The van der Waals surface area contributed by atoms with E-state index in [1.54, 1.807) is 0 Å². The van der Waals surface area contributed by atoms with E-state index in [2.05, 4.69) is 20.8 Å². The Balaban J connectivity index is 2.27. The van der Waals surface area contributed by atoms with E-state index >= 15 is 0 Å². The van der Waals surface area contributed by atoms with E-state index in [9.17, 15) is 19.3 Å². The summed E-state index contributed by atoms with van der Waals surface area (Å²) in [4.78, 5) is 50.1. The first kappa shape index (κ1) is 19.2. The fourth-order valence-corrected chi connectivity index (χ4v) is 2.55. The van der Waals surface area contributed by atoms with Crippen LogP contribution in [0.3, 0.4) is 0 Å². The molecule has 0 aliphatic heterocycles. The van der Waals surface area contributed by atoms with Gasteiger partial charge in [-0.3, -0.25) is 19.7 Å². The molecular weight excluding hydrogens is 360 g/mol. The van der Waals surface area contributed by atoms with Gasteiger partial charge in [0.2, 0.25) is 0 Å². The van der Waals surface area contributed by atoms with Crippen molar-refractivity contribution in [1.29, 1.82) is 0 Å². The van der Waals surface area contributed by atoms with Gasteiger partial charge in [-0.05, 0) is 29.8 Å². The number of amides is 2. The number of carbonyl (C=O) groups is 3. The van der Waals surface area contributed by atoms with Crippen LogP contribution < -0.4 is 15.4 Å². The summed E-state index contributed by atoms with van der Waals surface area (Å²) < 4.78 is 5.06. The molecule has 0 fully saturated rings. The van der Waals surface area contributed by atoms with E-state index < -0.39 is 11.9 Å². The van der Waals surface area contributed by atoms with E-state index in [0.717, 1.165) is 17.8 Å². The van der Waals surface area contributed by atoms with Gasteiger partial charge in [0.15, 0.2) is 10.1 Å². The number of hydrogen-bond acceptors (Lipinski definition) is 8. The predicted octanol–water partition coefficient (Wildman–Crippen LogP) is 2.86. The molecule has 0 unspecified atom stereocenters. The molecule has 1 aromatic carbocycles. The van der Waals surface area contributed by atoms with Crippen molar-refractivity contribution in [2.75, 3.05) is 11.9 Å². The zero-order valence-corrected chi connectivity index (χ0v) is 14.9. The summed E-state index contributed by atoms with van der Waals surface area (Å²) in [7, 11) is 0. The molecule has 2 aromatic rings. The van der Waals surface area contributed by atoms with Crippen LogP contribution in [0.4, 0.5) is 10.1 Å². The topological polar surface area (TPSA) is 127 Å². The van der Waals surface area contributed by atoms with E-state index in [1.807, 2.05) is 6.92 Å². The fourth-order valence-electron chi connectivity index (χ4n) is 1.96. The highest BCUT2D eigenvalue weighted by Crippen LogP contribution is 2.27. The highest BCUT2D eigenvalue weighted by atomic mass is 32.1. The van der Waals surface area contributed by atoms with Crippen LogP contribution in [0.15, 0.2) is 29.6 Å². The molecule has 2 amide bonds. The third-order valence-corrected chi connectivity index (χ3v) is 3.87. The number of rotatable bonds is 7. The molecule has 0 radical (unpaired) electrons. The van der Waals surface area contributed by atoms with Crippen LogP contribution in [-0.2, 0) is 4.79 Å². The second-order valence-electron chi connectivity index (χ2n) is 5.11. The summed E-state index contributed by atoms with van der Waals surface area (Å²) >= 11 is 0.899. The third-order valence-electron chi connectivity index (χ3n) is 3.08. The normalized spacial score (nSPS) is 10.1. The van der Waals surface area contributed by atoms with Crippen LogP contribution in [0.25, 0.3) is 0 Å². The average Bonchev–Trinajstić information content (AvgIpc) is 3.06. The molecule has 1 aromatic heterocycles. The van der Waals surface area contributed by atoms with Gasteiger partial charge in [-0.15, -0.1) is 4.91 Å². The minimum atomic E-state index is -0.633. The fraction of sp³-hybridized carbons (Fsp3) is 0.250. The van der Waals surface area contributed by atoms with Crippen LogP contribution >= 0.6 is 11.3 Å². The number of nitrogens with one attached hydrogen (secondary N) is 2. The Bertz CT molecular complexity index is 849. The number of anilines is 1. The third kappa shape index (κ3) is 4.93. The summed E-state index contributed by atoms with van der Waals surface area (Å²) in [6.07, 6.45) is 2.00. The quantitative estimate of drug-likeness (QED) is 0.434. The molecule has 0 atom stereocenters. The molecule has 9 nitrogen and oxygen atoms in total. The molecule has 0 saturated carbocycles. The Morgan fingerprint density at radius 1 is 1.27 bits per heavy atom. The smallest absolute Gasteiger partial charge is 0.308 e. The van der Waals surface area contributed by atoms with Crippen LogP contribution in [-0.4, -0.2) is 29.3 Å². The van der Waals surface area contributed by atoms with Gasteiger partial charge in [0.05, 0.1) is 11.8 Å². The number of hydrogen-bond donors (Lipinski definition) is 2. The lowest BCUT2D eigenvalue weighted by Gasteiger charge is -2.11. The number of esters is 1. The second kappa shape index (κ2) is 8.81. The number of thiazole rings is 1. The van der Waals surface area contributed by atoms with Gasteiger partial charge in [0.25, 0.3) is 11.8 Å². The monoisotopic (exact) mass is 376 g/mol. The summed E-state index contributed by atoms with van der Waals surface area (Å²) in [5.74, 6) is -1.63. The van der Waals surface area contributed by atoms with Gasteiger partial charge in [0.1, 0.15) is 5.75 Å². The molecule has 0 spiro atoms. The number of ether oxygens (including phenoxy) is 1. The van der Waals surface area contributed by atoms with Gasteiger partial charge in [0, 0.05) is 19.0 Å². The molecule has 136 valence electrons. The maximum Gasteiger partial charge on any atom is 0.308 e. The van der Waals surface area contributed by atoms with E-state index in [4.69, 9.17) is 4.74 Å². The molecule has 0 bridgehead atoms. The number of carbonyl (C=O) groups excluding carboxylic acids is 3. The molecule has 0 saturated heterocycles. The summed E-state index contributed by atoms with van der Waals surface area (Å²) in [5, 5.41) is 8.19. The number of aromatic nitrogens is 1. The predicted molar refractivity (Wildman–Crippen MR) is 95.9 cm³/mol. The van der Waals surface area contributed by atoms with Crippen molar-refractivity contribution >= 4 is 39.3 Å². The maximum absolute atomic E-state index is 12.4. The molecular formula is C16H16N4O5S. The summed E-state index contributed by atoms with van der Waals surface area (Å²) in [6.45, 7) is 3.61. The summed E-state index contributed by atoms with van der Waals surface area (Å²) in [5.41, 5.74) is 0.302. The summed E-state index contributed by atoms with van der Waals surface area (Å²) in [6, 6.07) is 4.15. The minimum absolute atomic E-state index is 0.0445. The van der Waals surface area contributed by atoms with Crippen molar-refractivity contribution in [1.82, 2.24) is 10.3 Å². The minimum Gasteiger partial charge on any atom is -0.426 e. The second-order valence-corrected chi connectivity index (χ2v) is 6.12. The van der Waals surface area contributed by atoms with Crippen LogP contribution in [0.2, 0.25) is 0 Å². The standard InChI is InChI=1S/C16H16N4O5S/c1-3-6-17-14(22)10-4-5-11(12(7-10)25-9(2)21)15(23)19-16-18-8-13(20-24)26-16/h4-5,7-8H,3,6H2,1-2H3,(H,17,22)(H,18,19,23). The van der Waals surface area contributed by atoms with Crippen molar-refractivity contribution in [3.8, 4) is 5.75 Å². The van der Waals surface area contributed by atoms with Gasteiger partial charge >= 0.3 is 5.97 Å². The van der Waals surface area contributed by atoms with Crippen molar-refractivity contribution in [2.45, 2.75) is 20.3 Å². The Morgan fingerprint density at radius 2 is 2.04 bits per heavy atom. The lowest BCUT2D eigenvalue weighted by Crippen LogP contribution is -2.24. The van der Waals surface area contributed by atoms with Crippen LogP contribution in [0.1, 0.15) is 41.0 Å². The van der Waals surface area contributed by atoms with Gasteiger partial charge in [-0.25, -0.2) is 4.98 Å². The SMILES string of the molecule is CCCNC(=O)c1ccc(C(=O)Nc2ncc(N=O)s2)c(OC(C)=O)c1. The van der Waals surface area contributed by atoms with Crippen LogP contribution in [0.5, 0.6) is 5.75 Å². The Morgan fingerprint density at radius 3 is 2.65 bits per heavy atom. The van der Waals surface area contributed by atoms with Crippen LogP contribution in [0, 0.1) is 4.91 Å².